The normalized spacial score (nSPS) is 15.4. The molecule has 0 spiro atoms. The Morgan fingerprint density at radius 2 is 1.86 bits per heavy atom. The third-order valence-electron chi connectivity index (χ3n) is 4.03. The molecule has 0 aliphatic carbocycles. The van der Waals surface area contributed by atoms with Crippen LogP contribution >= 0.6 is 23.2 Å². The third-order valence-corrected chi connectivity index (χ3v) is 4.41. The molecule has 2 aromatic rings. The number of nitrogens with zero attached hydrogens (tertiary/aromatic N) is 5. The third kappa shape index (κ3) is 5.65. The van der Waals surface area contributed by atoms with Crippen molar-refractivity contribution in [1.29, 1.82) is 0 Å². The van der Waals surface area contributed by atoms with Gasteiger partial charge in [0.25, 0.3) is 0 Å². The van der Waals surface area contributed by atoms with Gasteiger partial charge in [-0.2, -0.15) is 15.0 Å². The molecule has 1 amide bonds. The van der Waals surface area contributed by atoms with Gasteiger partial charge in [0.05, 0.1) is 0 Å². The number of nitrogens with one attached hydrogen (secondary N) is 1. The summed E-state index contributed by atoms with van der Waals surface area (Å²) >= 11 is 12.0. The number of halogens is 2. The lowest BCUT2D eigenvalue weighted by Gasteiger charge is -2.33. The number of carbonyl (C=O) groups excluding carboxylic acids is 1. The summed E-state index contributed by atoms with van der Waals surface area (Å²) in [5, 5.41) is 3.68. The fourth-order valence-electron chi connectivity index (χ4n) is 2.78. The number of hydrogen-bond donors (Lipinski definition) is 1. The maximum absolute atomic E-state index is 12.2. The van der Waals surface area contributed by atoms with Gasteiger partial charge < -0.3 is 15.0 Å². The van der Waals surface area contributed by atoms with Crippen LogP contribution in [0.25, 0.3) is 11.5 Å². The number of anilines is 1. The van der Waals surface area contributed by atoms with Crippen molar-refractivity contribution in [3.8, 4) is 11.5 Å². The summed E-state index contributed by atoms with van der Waals surface area (Å²) in [5.74, 6) is 0.712. The van der Waals surface area contributed by atoms with Crippen LogP contribution in [0.1, 0.15) is 33.6 Å². The highest BCUT2D eigenvalue weighted by atomic mass is 35.5. The van der Waals surface area contributed by atoms with Gasteiger partial charge in [0.2, 0.25) is 11.2 Å². The Hall–Kier alpha value is -2.19. The highest BCUT2D eigenvalue weighted by Gasteiger charge is 2.27. The average Bonchev–Trinajstić information content (AvgIpc) is 2.60. The van der Waals surface area contributed by atoms with E-state index in [1.807, 2.05) is 20.8 Å². The molecule has 10 heteroatoms. The van der Waals surface area contributed by atoms with Crippen LogP contribution in [0.3, 0.4) is 0 Å². The summed E-state index contributed by atoms with van der Waals surface area (Å²) in [6.07, 6.45) is 1.20. The minimum atomic E-state index is -0.501. The highest BCUT2D eigenvalue weighted by molar-refractivity contribution is 6.29. The van der Waals surface area contributed by atoms with Gasteiger partial charge in [-0.05, 0) is 57.3 Å². The van der Waals surface area contributed by atoms with E-state index in [0.717, 1.165) is 12.8 Å². The van der Waals surface area contributed by atoms with Crippen LogP contribution in [0.4, 0.5) is 10.7 Å². The second kappa shape index (κ2) is 8.45. The zero-order valence-corrected chi connectivity index (χ0v) is 17.5. The Balaban J connectivity index is 1.63. The molecule has 1 fully saturated rings. The molecule has 1 aliphatic heterocycles. The summed E-state index contributed by atoms with van der Waals surface area (Å²) in [6, 6.07) is 5.30. The lowest BCUT2D eigenvalue weighted by molar-refractivity contribution is 0.0210. The average molecular weight is 425 g/mol. The molecule has 0 bridgehead atoms. The predicted octanol–water partition coefficient (Wildman–Crippen LogP) is 4.05. The topological polar surface area (TPSA) is 93.1 Å². The number of piperidine rings is 1. The largest absolute Gasteiger partial charge is 0.444 e. The Kier molecular flexibility index (Phi) is 6.20. The van der Waals surface area contributed by atoms with Gasteiger partial charge >= 0.3 is 6.09 Å². The first-order valence-electron chi connectivity index (χ1n) is 8.98. The summed E-state index contributed by atoms with van der Waals surface area (Å²) in [6.45, 7) is 6.75. The van der Waals surface area contributed by atoms with Crippen LogP contribution in [0.15, 0.2) is 18.2 Å². The lowest BCUT2D eigenvalue weighted by atomic mass is 10.1. The van der Waals surface area contributed by atoms with E-state index in [0.29, 0.717) is 35.7 Å². The zero-order chi connectivity index (χ0) is 20.3. The molecule has 28 heavy (non-hydrogen) atoms. The first-order chi connectivity index (χ1) is 13.2. The van der Waals surface area contributed by atoms with Crippen molar-refractivity contribution in [2.75, 3.05) is 18.4 Å². The minimum Gasteiger partial charge on any atom is -0.444 e. The van der Waals surface area contributed by atoms with Crippen molar-refractivity contribution in [2.24, 2.45) is 0 Å². The quantitative estimate of drug-likeness (QED) is 0.742. The Bertz CT molecular complexity index is 850. The number of aromatic nitrogens is 4. The Morgan fingerprint density at radius 3 is 2.50 bits per heavy atom. The Labute approximate surface area is 173 Å². The van der Waals surface area contributed by atoms with E-state index in [1.165, 1.54) is 0 Å². The molecule has 1 saturated heterocycles. The molecule has 2 aromatic heterocycles. The maximum Gasteiger partial charge on any atom is 0.410 e. The number of pyridine rings is 1. The van der Waals surface area contributed by atoms with Crippen molar-refractivity contribution in [3.63, 3.8) is 0 Å². The summed E-state index contributed by atoms with van der Waals surface area (Å²) in [7, 11) is 0. The van der Waals surface area contributed by atoms with Crippen LogP contribution in [0.2, 0.25) is 10.4 Å². The van der Waals surface area contributed by atoms with Gasteiger partial charge in [0.1, 0.15) is 16.4 Å². The van der Waals surface area contributed by atoms with Crippen LogP contribution in [-0.4, -0.2) is 55.7 Å². The van der Waals surface area contributed by atoms with E-state index in [-0.39, 0.29) is 17.4 Å². The van der Waals surface area contributed by atoms with Crippen LogP contribution in [0, 0.1) is 0 Å². The SMILES string of the molecule is CC(C)(C)OC(=O)N1CCC(Nc2nc(Cl)nc(-c3cccc(Cl)n3)n2)CC1. The molecule has 8 nitrogen and oxygen atoms in total. The fourth-order valence-corrected chi connectivity index (χ4v) is 3.10. The van der Waals surface area contributed by atoms with Gasteiger partial charge in [-0.15, -0.1) is 0 Å². The molecule has 0 atom stereocenters. The van der Waals surface area contributed by atoms with Crippen molar-refractivity contribution in [3.05, 3.63) is 28.6 Å². The molecular weight excluding hydrogens is 403 g/mol. The summed E-state index contributed by atoms with van der Waals surface area (Å²) in [5.41, 5.74) is 0.0121. The van der Waals surface area contributed by atoms with E-state index in [1.54, 1.807) is 23.1 Å². The van der Waals surface area contributed by atoms with Crippen LogP contribution in [0.5, 0.6) is 0 Å². The van der Waals surface area contributed by atoms with Crippen molar-refractivity contribution >= 4 is 35.2 Å². The maximum atomic E-state index is 12.2. The molecule has 3 rings (SSSR count). The van der Waals surface area contributed by atoms with Crippen molar-refractivity contribution in [1.82, 2.24) is 24.8 Å². The molecule has 0 unspecified atom stereocenters. The predicted molar refractivity (Wildman–Crippen MR) is 108 cm³/mol. The lowest BCUT2D eigenvalue weighted by Crippen LogP contribution is -2.44. The van der Waals surface area contributed by atoms with Gasteiger partial charge in [0.15, 0.2) is 5.82 Å². The number of carbonyl (C=O) groups is 1. The molecule has 0 radical (unpaired) electrons. The van der Waals surface area contributed by atoms with E-state index < -0.39 is 5.60 Å². The van der Waals surface area contributed by atoms with Crippen molar-refractivity contribution in [2.45, 2.75) is 45.3 Å². The second-order valence-electron chi connectivity index (χ2n) is 7.48. The molecule has 3 heterocycles. The smallest absolute Gasteiger partial charge is 0.410 e. The Morgan fingerprint density at radius 1 is 1.14 bits per heavy atom. The molecule has 1 aliphatic rings. The van der Waals surface area contributed by atoms with E-state index >= 15 is 0 Å². The van der Waals surface area contributed by atoms with E-state index in [9.17, 15) is 4.79 Å². The van der Waals surface area contributed by atoms with Crippen LogP contribution < -0.4 is 5.32 Å². The number of hydrogen-bond acceptors (Lipinski definition) is 7. The minimum absolute atomic E-state index is 0.0699. The van der Waals surface area contributed by atoms with E-state index in [4.69, 9.17) is 27.9 Å². The highest BCUT2D eigenvalue weighted by Crippen LogP contribution is 2.21. The standard InChI is InChI=1S/C18H22Cl2N6O2/c1-18(2,3)28-17(27)26-9-7-11(8-10-26)21-16-24-14(23-15(20)25-16)12-5-4-6-13(19)22-12/h4-6,11H,7-10H2,1-3H3,(H,21,23,24,25). The summed E-state index contributed by atoms with van der Waals surface area (Å²) in [4.78, 5) is 30.7. The molecular formula is C18H22Cl2N6O2. The van der Waals surface area contributed by atoms with Gasteiger partial charge in [-0.3, -0.25) is 0 Å². The first-order valence-corrected chi connectivity index (χ1v) is 9.74. The van der Waals surface area contributed by atoms with Crippen LogP contribution in [-0.2, 0) is 4.74 Å². The zero-order valence-electron chi connectivity index (χ0n) is 15.9. The van der Waals surface area contributed by atoms with Gasteiger partial charge in [-0.1, -0.05) is 17.7 Å². The van der Waals surface area contributed by atoms with Crippen molar-refractivity contribution < 1.29 is 9.53 Å². The molecule has 1 N–H and O–H groups in total. The van der Waals surface area contributed by atoms with E-state index in [2.05, 4.69) is 25.3 Å². The molecule has 150 valence electrons. The van der Waals surface area contributed by atoms with Gasteiger partial charge in [0, 0.05) is 19.1 Å². The van der Waals surface area contributed by atoms with Gasteiger partial charge in [-0.25, -0.2) is 9.78 Å². The molecule has 0 aromatic carbocycles. The molecule has 0 saturated carbocycles. The fraction of sp³-hybridized carbons (Fsp3) is 0.500. The summed E-state index contributed by atoms with van der Waals surface area (Å²) < 4.78 is 5.42. The second-order valence-corrected chi connectivity index (χ2v) is 8.21. The number of amides is 1. The first kappa shape index (κ1) is 20.5. The monoisotopic (exact) mass is 424 g/mol. The number of likely N-dealkylation sites (tertiary alicyclic amines) is 1. The number of rotatable bonds is 3. The number of ether oxygens (including phenoxy) is 1.